The first-order valence-electron chi connectivity index (χ1n) is 14.7. The summed E-state index contributed by atoms with van der Waals surface area (Å²) in [5.41, 5.74) is 2.69. The molecule has 5 aromatic rings. The highest BCUT2D eigenvalue weighted by atomic mass is 19.4. The zero-order valence-electron chi connectivity index (χ0n) is 24.5. The van der Waals surface area contributed by atoms with E-state index in [1.54, 1.807) is 0 Å². The van der Waals surface area contributed by atoms with Crippen molar-refractivity contribution in [3.05, 3.63) is 137 Å². The van der Waals surface area contributed by atoms with E-state index in [0.717, 1.165) is 39.6 Å². The van der Waals surface area contributed by atoms with E-state index in [-0.39, 0.29) is 24.7 Å². The largest absolute Gasteiger partial charge is 0.488 e. The summed E-state index contributed by atoms with van der Waals surface area (Å²) >= 11 is 0. The van der Waals surface area contributed by atoms with E-state index in [1.807, 2.05) is 60.7 Å². The molecule has 0 aromatic heterocycles. The first kappa shape index (κ1) is 31.2. The van der Waals surface area contributed by atoms with Crippen LogP contribution in [0.15, 0.2) is 109 Å². The first-order chi connectivity index (χ1) is 22.1. The predicted octanol–water partition coefficient (Wildman–Crippen LogP) is 10.1. The summed E-state index contributed by atoms with van der Waals surface area (Å²) in [5.74, 6) is -0.582. The monoisotopic (exact) mass is 633 g/mol. The minimum atomic E-state index is -4.60. The lowest BCUT2D eigenvalue weighted by Gasteiger charge is -2.23. The average molecular weight is 634 g/mol. The number of hydrogen-bond donors (Lipinski definition) is 1. The summed E-state index contributed by atoms with van der Waals surface area (Å²) < 4.78 is 94.3. The van der Waals surface area contributed by atoms with Crippen molar-refractivity contribution in [1.29, 1.82) is 0 Å². The maximum absolute atomic E-state index is 13.8. The lowest BCUT2D eigenvalue weighted by atomic mass is 9.88. The Labute approximate surface area is 262 Å². The summed E-state index contributed by atoms with van der Waals surface area (Å²) in [6, 6.07) is 27.5. The third-order valence-corrected chi connectivity index (χ3v) is 7.95. The fraction of sp³-hybridized carbons (Fsp3) is 0.189. The third kappa shape index (κ3) is 6.89. The van der Waals surface area contributed by atoms with Crippen molar-refractivity contribution in [2.24, 2.45) is 0 Å². The maximum atomic E-state index is 13.8. The molecule has 0 atom stereocenters. The number of benzene rings is 5. The average Bonchev–Trinajstić information content (AvgIpc) is 3.06. The van der Waals surface area contributed by atoms with Gasteiger partial charge in [-0.1, -0.05) is 66.7 Å². The lowest BCUT2D eigenvalue weighted by molar-refractivity contribution is -0.139. The fourth-order valence-electron chi connectivity index (χ4n) is 5.68. The van der Waals surface area contributed by atoms with Gasteiger partial charge in [-0.3, -0.25) is 0 Å². The summed E-state index contributed by atoms with van der Waals surface area (Å²) in [4.78, 5) is 0. The molecule has 0 aliphatic carbocycles. The topological polar surface area (TPSA) is 30.5 Å². The fourth-order valence-corrected chi connectivity index (χ4v) is 5.68. The van der Waals surface area contributed by atoms with E-state index < -0.39 is 23.5 Å². The Morgan fingerprint density at radius 1 is 0.587 bits per heavy atom. The third-order valence-electron chi connectivity index (χ3n) is 7.95. The number of halogens is 6. The van der Waals surface area contributed by atoms with E-state index in [9.17, 15) is 26.3 Å². The normalized spacial score (nSPS) is 13.8. The van der Waals surface area contributed by atoms with E-state index in [4.69, 9.17) is 9.47 Å². The van der Waals surface area contributed by atoms with Gasteiger partial charge in [0, 0.05) is 6.54 Å². The number of rotatable bonds is 8. The van der Waals surface area contributed by atoms with Crippen molar-refractivity contribution in [3.8, 4) is 22.6 Å². The van der Waals surface area contributed by atoms with Gasteiger partial charge >= 0.3 is 12.4 Å². The van der Waals surface area contributed by atoms with Gasteiger partial charge in [0.2, 0.25) is 0 Å². The van der Waals surface area contributed by atoms with Gasteiger partial charge in [-0.05, 0) is 99.6 Å². The molecule has 1 heterocycles. The summed E-state index contributed by atoms with van der Waals surface area (Å²) in [5, 5.41) is 5.22. The molecule has 0 spiro atoms. The van der Waals surface area contributed by atoms with E-state index in [0.29, 0.717) is 36.2 Å². The van der Waals surface area contributed by atoms with Crippen LogP contribution in [0.25, 0.3) is 27.5 Å². The van der Waals surface area contributed by atoms with Gasteiger partial charge in [0.1, 0.15) is 24.7 Å². The standard InChI is InChI=1S/C37H29F6NO2/c38-36(39,40)32-9-3-5-11-34(32)45-22-28-21-31(27-14-13-24-7-1-2-8-26(24)19-27)29(20-30(28)25-15-17-44-18-16-25)23-46-35-12-6-4-10-33(35)37(41,42)43/h1-15,19-21,44H,16-18,22-23H2. The maximum Gasteiger partial charge on any atom is 0.419 e. The Kier molecular flexibility index (Phi) is 8.77. The quantitative estimate of drug-likeness (QED) is 0.173. The number of alkyl halides is 6. The zero-order chi connectivity index (χ0) is 32.3. The molecule has 0 fully saturated rings. The second kappa shape index (κ2) is 12.9. The van der Waals surface area contributed by atoms with Gasteiger partial charge in [0.25, 0.3) is 0 Å². The van der Waals surface area contributed by atoms with Crippen molar-refractivity contribution in [3.63, 3.8) is 0 Å². The van der Waals surface area contributed by atoms with Gasteiger partial charge in [-0.15, -0.1) is 0 Å². The second-order valence-electron chi connectivity index (χ2n) is 11.0. The molecule has 0 amide bonds. The zero-order valence-corrected chi connectivity index (χ0v) is 24.5. The number of nitrogens with one attached hydrogen (secondary N) is 1. The minimum absolute atomic E-state index is 0.161. The molecular formula is C37H29F6NO2. The van der Waals surface area contributed by atoms with Crippen LogP contribution in [-0.4, -0.2) is 13.1 Å². The SMILES string of the molecule is FC(F)(F)c1ccccc1OCc1cc(-c2ccc3ccccc3c2)c(COc2ccccc2C(F)(F)F)cc1C1=CCNCC1. The Bertz CT molecular complexity index is 1890. The molecule has 46 heavy (non-hydrogen) atoms. The van der Waals surface area contributed by atoms with Crippen LogP contribution >= 0.6 is 0 Å². The molecule has 0 saturated heterocycles. The van der Waals surface area contributed by atoms with Gasteiger partial charge in [0.15, 0.2) is 0 Å². The smallest absolute Gasteiger partial charge is 0.419 e. The van der Waals surface area contributed by atoms with E-state index in [2.05, 4.69) is 5.32 Å². The molecule has 6 rings (SSSR count). The lowest BCUT2D eigenvalue weighted by Crippen LogP contribution is -2.20. The Balaban J connectivity index is 1.47. The molecule has 1 aliphatic rings. The molecule has 3 nitrogen and oxygen atoms in total. The van der Waals surface area contributed by atoms with Crippen LogP contribution in [0.5, 0.6) is 11.5 Å². The molecule has 1 aliphatic heterocycles. The Hall–Kier alpha value is -4.76. The van der Waals surface area contributed by atoms with Gasteiger partial charge < -0.3 is 14.8 Å². The molecule has 0 saturated carbocycles. The van der Waals surface area contributed by atoms with E-state index >= 15 is 0 Å². The summed E-state index contributed by atoms with van der Waals surface area (Å²) in [6.07, 6.45) is -6.54. The van der Waals surface area contributed by atoms with Crippen LogP contribution in [0.3, 0.4) is 0 Å². The summed E-state index contributed by atoms with van der Waals surface area (Å²) in [7, 11) is 0. The summed E-state index contributed by atoms with van der Waals surface area (Å²) in [6.45, 7) is 0.960. The van der Waals surface area contributed by atoms with Crippen molar-refractivity contribution >= 4 is 16.3 Å². The van der Waals surface area contributed by atoms with Crippen molar-refractivity contribution in [1.82, 2.24) is 5.32 Å². The number of ether oxygens (including phenoxy) is 2. The first-order valence-corrected chi connectivity index (χ1v) is 14.7. The highest BCUT2D eigenvalue weighted by Crippen LogP contribution is 2.40. The van der Waals surface area contributed by atoms with Crippen LogP contribution in [0.4, 0.5) is 26.3 Å². The van der Waals surface area contributed by atoms with Gasteiger partial charge in [-0.25, -0.2) is 0 Å². The molecule has 1 N–H and O–H groups in total. The highest BCUT2D eigenvalue weighted by Gasteiger charge is 2.35. The molecule has 0 radical (unpaired) electrons. The number of fused-ring (bicyclic) bond motifs is 1. The van der Waals surface area contributed by atoms with Crippen LogP contribution in [-0.2, 0) is 25.6 Å². The second-order valence-corrected chi connectivity index (χ2v) is 11.0. The Morgan fingerprint density at radius 3 is 1.72 bits per heavy atom. The molecule has 0 bridgehead atoms. The van der Waals surface area contributed by atoms with Gasteiger partial charge in [-0.2, -0.15) is 26.3 Å². The molecule has 236 valence electrons. The van der Waals surface area contributed by atoms with Gasteiger partial charge in [0.05, 0.1) is 11.1 Å². The van der Waals surface area contributed by atoms with Crippen molar-refractivity contribution in [2.45, 2.75) is 32.0 Å². The Morgan fingerprint density at radius 2 is 1.13 bits per heavy atom. The number of hydrogen-bond acceptors (Lipinski definition) is 3. The molecular weight excluding hydrogens is 604 g/mol. The molecule has 5 aromatic carbocycles. The minimum Gasteiger partial charge on any atom is -0.488 e. The highest BCUT2D eigenvalue weighted by molar-refractivity contribution is 5.88. The number of para-hydroxylation sites is 2. The van der Waals surface area contributed by atoms with Crippen LogP contribution in [0.1, 0.15) is 34.2 Å². The van der Waals surface area contributed by atoms with Crippen LogP contribution in [0, 0.1) is 0 Å². The van der Waals surface area contributed by atoms with Crippen molar-refractivity contribution < 1.29 is 35.8 Å². The predicted molar refractivity (Wildman–Crippen MR) is 166 cm³/mol. The van der Waals surface area contributed by atoms with E-state index in [1.165, 1.54) is 36.4 Å². The van der Waals surface area contributed by atoms with Crippen molar-refractivity contribution in [2.75, 3.05) is 13.1 Å². The molecule has 9 heteroatoms. The molecule has 0 unspecified atom stereocenters. The van der Waals surface area contributed by atoms with Crippen LogP contribution in [0.2, 0.25) is 0 Å². The van der Waals surface area contributed by atoms with Crippen LogP contribution < -0.4 is 14.8 Å².